The third-order valence-electron chi connectivity index (χ3n) is 5.51. The summed E-state index contributed by atoms with van der Waals surface area (Å²) in [6, 6.07) is 9.73. The first-order valence-corrected chi connectivity index (χ1v) is 11.4. The lowest BCUT2D eigenvalue weighted by Gasteiger charge is -2.32. The Morgan fingerprint density at radius 3 is 2.59 bits per heavy atom. The molecular formula is C22H27BrClN5O3. The van der Waals surface area contributed by atoms with E-state index in [1.165, 1.54) is 6.07 Å². The summed E-state index contributed by atoms with van der Waals surface area (Å²) in [5, 5.41) is 21.3. The van der Waals surface area contributed by atoms with Gasteiger partial charge >= 0.3 is 0 Å². The molecule has 10 heteroatoms. The molecule has 1 aliphatic heterocycles. The second-order valence-electron chi connectivity index (χ2n) is 7.80. The summed E-state index contributed by atoms with van der Waals surface area (Å²) in [5.74, 6) is 0.332. The number of rotatable bonds is 7. The number of hydrogen-bond acceptors (Lipinski definition) is 5. The number of carbonyl (C=O) groups is 1. The Morgan fingerprint density at radius 1 is 1.31 bits per heavy atom. The van der Waals surface area contributed by atoms with Gasteiger partial charge in [0, 0.05) is 30.2 Å². The maximum absolute atomic E-state index is 12.7. The largest absolute Gasteiger partial charge is 0.507 e. The van der Waals surface area contributed by atoms with E-state index in [9.17, 15) is 9.90 Å². The third-order valence-corrected chi connectivity index (χ3v) is 6.55. The van der Waals surface area contributed by atoms with Gasteiger partial charge in [-0.05, 0) is 64.5 Å². The average Bonchev–Trinajstić information content (AvgIpc) is 2.78. The Bertz CT molecular complexity index is 965. The van der Waals surface area contributed by atoms with E-state index in [0.29, 0.717) is 46.4 Å². The number of halogens is 2. The maximum Gasteiger partial charge on any atom is 0.251 e. The van der Waals surface area contributed by atoms with Crippen molar-refractivity contribution >= 4 is 39.4 Å². The zero-order valence-electron chi connectivity index (χ0n) is 17.5. The summed E-state index contributed by atoms with van der Waals surface area (Å²) in [6.07, 6.45) is 1.70. The normalized spacial score (nSPS) is 15.3. The number of nitrogens with two attached hydrogens (primary N) is 2. The van der Waals surface area contributed by atoms with Crippen molar-refractivity contribution in [3.8, 4) is 11.5 Å². The minimum atomic E-state index is -0.403. The molecule has 172 valence electrons. The highest BCUT2D eigenvalue weighted by Gasteiger charge is 2.21. The summed E-state index contributed by atoms with van der Waals surface area (Å²) in [6.45, 7) is 2.08. The molecule has 1 amide bonds. The zero-order chi connectivity index (χ0) is 23.3. The average molecular weight is 525 g/mol. The molecule has 8 nitrogen and oxygen atoms in total. The van der Waals surface area contributed by atoms with Gasteiger partial charge in [0.1, 0.15) is 22.6 Å². The standard InChI is InChI=1S/C22H27BrClN5O3/c23-20-18(30)9-15(21(31)28-11-13-5-7-29(8-6-13)22(26)27)10-19(20)32-12-17(25)14-1-3-16(24)4-2-14/h1-4,9-10,13,17,30H,5-8,11-12,25H2,(H3,26,27)(H,28,31)/t17-/m1/s1. The molecule has 3 rings (SSSR count). The molecule has 0 radical (unpaired) electrons. The molecule has 1 aliphatic rings. The van der Waals surface area contributed by atoms with Crippen LogP contribution in [0.4, 0.5) is 0 Å². The van der Waals surface area contributed by atoms with E-state index in [-0.39, 0.29) is 24.2 Å². The molecule has 1 heterocycles. The van der Waals surface area contributed by atoms with Gasteiger partial charge in [-0.1, -0.05) is 23.7 Å². The number of carbonyl (C=O) groups excluding carboxylic acids is 1. The van der Waals surface area contributed by atoms with Gasteiger partial charge in [-0.25, -0.2) is 0 Å². The first-order valence-electron chi connectivity index (χ1n) is 10.3. The number of nitrogens with one attached hydrogen (secondary N) is 2. The van der Waals surface area contributed by atoms with E-state index in [0.717, 1.165) is 18.4 Å². The molecule has 0 aliphatic carbocycles. The molecule has 1 atom stereocenters. The topological polar surface area (TPSA) is 138 Å². The van der Waals surface area contributed by atoms with E-state index in [2.05, 4.69) is 21.2 Å². The summed E-state index contributed by atoms with van der Waals surface area (Å²) in [7, 11) is 0. The summed E-state index contributed by atoms with van der Waals surface area (Å²) >= 11 is 9.21. The number of ether oxygens (including phenoxy) is 1. The number of aromatic hydroxyl groups is 1. The predicted molar refractivity (Wildman–Crippen MR) is 128 cm³/mol. The predicted octanol–water partition coefficient (Wildman–Crippen LogP) is 3.22. The van der Waals surface area contributed by atoms with E-state index in [1.54, 1.807) is 18.2 Å². The molecule has 32 heavy (non-hydrogen) atoms. The maximum atomic E-state index is 12.7. The molecular weight excluding hydrogens is 498 g/mol. The SMILES string of the molecule is N=C(N)N1CCC(CNC(=O)c2cc(O)c(Br)c(OC[C@@H](N)c3ccc(Cl)cc3)c2)CC1. The van der Waals surface area contributed by atoms with Gasteiger partial charge in [0.05, 0.1) is 6.04 Å². The second-order valence-corrected chi connectivity index (χ2v) is 9.03. The van der Waals surface area contributed by atoms with Gasteiger partial charge in [-0.15, -0.1) is 0 Å². The van der Waals surface area contributed by atoms with Crippen molar-refractivity contribution in [2.75, 3.05) is 26.2 Å². The minimum absolute atomic E-state index is 0.0844. The molecule has 0 bridgehead atoms. The summed E-state index contributed by atoms with van der Waals surface area (Å²) < 4.78 is 6.16. The van der Waals surface area contributed by atoms with Crippen molar-refractivity contribution < 1.29 is 14.6 Å². The van der Waals surface area contributed by atoms with Gasteiger partial charge in [-0.3, -0.25) is 10.2 Å². The molecule has 2 aromatic rings. The van der Waals surface area contributed by atoms with Crippen LogP contribution < -0.4 is 21.5 Å². The number of amides is 1. The van der Waals surface area contributed by atoms with Crippen LogP contribution in [0.15, 0.2) is 40.9 Å². The van der Waals surface area contributed by atoms with E-state index < -0.39 is 6.04 Å². The lowest BCUT2D eigenvalue weighted by Crippen LogP contribution is -2.44. The zero-order valence-corrected chi connectivity index (χ0v) is 19.8. The fourth-order valence-electron chi connectivity index (χ4n) is 3.52. The van der Waals surface area contributed by atoms with Gasteiger partial charge in [-0.2, -0.15) is 0 Å². The summed E-state index contributed by atoms with van der Waals surface area (Å²) in [5.41, 5.74) is 12.9. The van der Waals surface area contributed by atoms with Gasteiger partial charge in [0.2, 0.25) is 0 Å². The highest BCUT2D eigenvalue weighted by molar-refractivity contribution is 9.10. The van der Waals surface area contributed by atoms with Gasteiger partial charge in [0.25, 0.3) is 5.91 Å². The van der Waals surface area contributed by atoms with Gasteiger partial charge < -0.3 is 31.5 Å². The van der Waals surface area contributed by atoms with Crippen LogP contribution in [0.25, 0.3) is 0 Å². The first kappa shape index (κ1) is 24.2. The third kappa shape index (κ3) is 6.27. The Balaban J connectivity index is 1.58. The fraction of sp³-hybridized carbons (Fsp3) is 0.364. The van der Waals surface area contributed by atoms with Gasteiger partial charge in [0.15, 0.2) is 5.96 Å². The molecule has 0 aromatic heterocycles. The van der Waals surface area contributed by atoms with Crippen molar-refractivity contribution in [3.05, 3.63) is 57.0 Å². The second kappa shape index (κ2) is 10.9. The lowest BCUT2D eigenvalue weighted by atomic mass is 9.97. The quantitative estimate of drug-likeness (QED) is 0.278. The highest BCUT2D eigenvalue weighted by Crippen LogP contribution is 2.35. The van der Waals surface area contributed by atoms with Crippen LogP contribution in [-0.2, 0) is 0 Å². The van der Waals surface area contributed by atoms with Crippen LogP contribution in [0.3, 0.4) is 0 Å². The Kier molecular flexibility index (Phi) is 8.22. The number of nitrogens with zero attached hydrogens (tertiary/aromatic N) is 1. The van der Waals surface area contributed by atoms with Crippen LogP contribution in [0, 0.1) is 11.3 Å². The number of hydrogen-bond donors (Lipinski definition) is 5. The molecule has 0 spiro atoms. The van der Waals surface area contributed by atoms with E-state index in [4.69, 9.17) is 33.2 Å². The Hall–Kier alpha value is -2.49. The Labute approximate surface area is 200 Å². The molecule has 0 unspecified atom stereocenters. The number of piperidine rings is 1. The molecule has 1 fully saturated rings. The van der Waals surface area contributed by atoms with Crippen LogP contribution in [0.2, 0.25) is 5.02 Å². The number of phenolic OH excluding ortho intramolecular Hbond substituents is 1. The summed E-state index contributed by atoms with van der Waals surface area (Å²) in [4.78, 5) is 14.5. The van der Waals surface area contributed by atoms with Crippen LogP contribution >= 0.6 is 27.5 Å². The Morgan fingerprint density at radius 2 is 1.97 bits per heavy atom. The van der Waals surface area contributed by atoms with Crippen molar-refractivity contribution in [1.29, 1.82) is 5.41 Å². The van der Waals surface area contributed by atoms with Crippen molar-refractivity contribution in [3.63, 3.8) is 0 Å². The van der Waals surface area contributed by atoms with Crippen LogP contribution in [0.5, 0.6) is 11.5 Å². The lowest BCUT2D eigenvalue weighted by molar-refractivity contribution is 0.0940. The number of guanidine groups is 1. The van der Waals surface area contributed by atoms with Crippen LogP contribution in [-0.4, -0.2) is 48.1 Å². The van der Waals surface area contributed by atoms with Crippen molar-refractivity contribution in [2.24, 2.45) is 17.4 Å². The highest BCUT2D eigenvalue weighted by atomic mass is 79.9. The minimum Gasteiger partial charge on any atom is -0.507 e. The van der Waals surface area contributed by atoms with Crippen molar-refractivity contribution in [1.82, 2.24) is 10.2 Å². The van der Waals surface area contributed by atoms with Crippen LogP contribution in [0.1, 0.15) is 34.8 Å². The molecule has 0 saturated carbocycles. The fourth-order valence-corrected chi connectivity index (χ4v) is 3.99. The monoisotopic (exact) mass is 523 g/mol. The molecule has 7 N–H and O–H groups in total. The number of benzene rings is 2. The van der Waals surface area contributed by atoms with E-state index >= 15 is 0 Å². The first-order chi connectivity index (χ1) is 15.2. The molecule has 2 aromatic carbocycles. The smallest absolute Gasteiger partial charge is 0.251 e. The van der Waals surface area contributed by atoms with E-state index in [1.807, 2.05) is 17.0 Å². The number of likely N-dealkylation sites (tertiary alicyclic amines) is 1. The number of phenols is 1. The molecule has 1 saturated heterocycles. The van der Waals surface area contributed by atoms with Crippen molar-refractivity contribution in [2.45, 2.75) is 18.9 Å².